The number of para-hydroxylation sites is 2. The van der Waals surface area contributed by atoms with Crippen LogP contribution < -0.4 is 9.80 Å². The van der Waals surface area contributed by atoms with Crippen LogP contribution >= 0.6 is 0 Å². The Morgan fingerprint density at radius 1 is 0.451 bits per heavy atom. The zero-order valence-corrected chi connectivity index (χ0v) is 30.8. The number of allylic oxidation sites excluding steroid dienone is 8. The maximum atomic E-state index is 3.19. The van der Waals surface area contributed by atoms with Gasteiger partial charge in [0.2, 0.25) is 0 Å². The zero-order valence-electron chi connectivity index (χ0n) is 30.8. The topological polar surface area (TPSA) is 6.48 Å². The summed E-state index contributed by atoms with van der Waals surface area (Å²) in [7, 11) is 0. The van der Waals surface area contributed by atoms with E-state index >= 15 is 0 Å². The Kier molecular flexibility index (Phi) is 12.9. The van der Waals surface area contributed by atoms with Gasteiger partial charge in [-0.3, -0.25) is 0 Å². The van der Waals surface area contributed by atoms with Gasteiger partial charge in [-0.2, -0.15) is 0 Å². The smallest absolute Gasteiger partial charge is 0.0551 e. The van der Waals surface area contributed by atoms with Crippen molar-refractivity contribution < 1.29 is 0 Å². The molecule has 0 unspecified atom stereocenters. The van der Waals surface area contributed by atoms with Crippen molar-refractivity contribution in [3.63, 3.8) is 0 Å². The van der Waals surface area contributed by atoms with Crippen molar-refractivity contribution in [1.29, 1.82) is 0 Å². The number of rotatable bonds is 6. The van der Waals surface area contributed by atoms with Gasteiger partial charge >= 0.3 is 0 Å². The highest BCUT2D eigenvalue weighted by molar-refractivity contribution is 6.24. The summed E-state index contributed by atoms with van der Waals surface area (Å²) < 4.78 is 0. The van der Waals surface area contributed by atoms with Crippen LogP contribution in [-0.2, 0) is 0 Å². The molecule has 2 aliphatic carbocycles. The molecule has 0 heterocycles. The van der Waals surface area contributed by atoms with Gasteiger partial charge in [0.1, 0.15) is 0 Å². The third kappa shape index (κ3) is 7.59. The van der Waals surface area contributed by atoms with Crippen molar-refractivity contribution in [2.45, 2.75) is 48.0 Å². The summed E-state index contributed by atoms with van der Waals surface area (Å²) in [5.41, 5.74) is 12.9. The predicted molar refractivity (Wildman–Crippen MR) is 225 cm³/mol. The van der Waals surface area contributed by atoms with E-state index in [2.05, 4.69) is 179 Å². The van der Waals surface area contributed by atoms with Gasteiger partial charge in [0, 0.05) is 33.9 Å². The van der Waals surface area contributed by atoms with Crippen molar-refractivity contribution in [3.8, 4) is 0 Å². The molecule has 0 bridgehead atoms. The fourth-order valence-electron chi connectivity index (χ4n) is 6.49. The van der Waals surface area contributed by atoms with Crippen molar-refractivity contribution in [2.24, 2.45) is 0 Å². The SMILES string of the molecule is C1=C=CC(N(C2=CC=CCC=C2)c2cc3c4ccccc4c(N(c4ccccc4)c4ccccc4)cc3c3ccccc23)=CC=1.CC.CC.CC. The number of benzene rings is 6. The second-order valence-electron chi connectivity index (χ2n) is 11.2. The van der Waals surface area contributed by atoms with E-state index in [1.165, 1.54) is 32.3 Å². The second kappa shape index (κ2) is 18.1. The van der Waals surface area contributed by atoms with Gasteiger partial charge in [0.05, 0.1) is 17.1 Å². The molecule has 2 heteroatoms. The highest BCUT2D eigenvalue weighted by Crippen LogP contribution is 2.46. The van der Waals surface area contributed by atoms with Crippen LogP contribution in [0.5, 0.6) is 0 Å². The molecule has 0 saturated heterocycles. The van der Waals surface area contributed by atoms with Gasteiger partial charge in [-0.15, -0.1) is 0 Å². The average molecular weight is 665 g/mol. The fraction of sp³-hybridized carbons (Fsp3) is 0.143. The summed E-state index contributed by atoms with van der Waals surface area (Å²) in [5, 5.41) is 7.25. The van der Waals surface area contributed by atoms with E-state index in [1.54, 1.807) is 0 Å². The van der Waals surface area contributed by atoms with Crippen LogP contribution in [0, 0.1) is 0 Å². The molecule has 0 amide bonds. The monoisotopic (exact) mass is 664 g/mol. The van der Waals surface area contributed by atoms with Crippen LogP contribution in [0.3, 0.4) is 0 Å². The first kappa shape index (κ1) is 36.2. The minimum Gasteiger partial charge on any atom is -0.310 e. The summed E-state index contributed by atoms with van der Waals surface area (Å²) in [6, 6.07) is 43.6. The number of fused-ring (bicyclic) bond motifs is 5. The zero-order chi connectivity index (χ0) is 36.0. The summed E-state index contributed by atoms with van der Waals surface area (Å²) in [6.07, 6.45) is 17.9. The Morgan fingerprint density at radius 2 is 0.941 bits per heavy atom. The Morgan fingerprint density at radius 3 is 1.45 bits per heavy atom. The summed E-state index contributed by atoms with van der Waals surface area (Å²) in [5.74, 6) is 0. The van der Waals surface area contributed by atoms with Crippen molar-refractivity contribution in [1.82, 2.24) is 0 Å². The molecule has 0 aliphatic heterocycles. The van der Waals surface area contributed by atoms with Gasteiger partial charge in [0.15, 0.2) is 0 Å². The van der Waals surface area contributed by atoms with Crippen molar-refractivity contribution >= 4 is 55.1 Å². The lowest BCUT2D eigenvalue weighted by Crippen LogP contribution is -2.20. The van der Waals surface area contributed by atoms with Gasteiger partial charge in [-0.1, -0.05) is 156 Å². The van der Waals surface area contributed by atoms with Crippen LogP contribution in [0.2, 0.25) is 0 Å². The van der Waals surface area contributed by atoms with Crippen LogP contribution in [-0.4, -0.2) is 0 Å². The van der Waals surface area contributed by atoms with Crippen molar-refractivity contribution in [2.75, 3.05) is 9.80 Å². The first-order valence-corrected chi connectivity index (χ1v) is 18.4. The normalized spacial score (nSPS) is 12.4. The van der Waals surface area contributed by atoms with Gasteiger partial charge in [-0.25, -0.2) is 0 Å². The number of nitrogens with zero attached hydrogens (tertiary/aromatic N) is 2. The minimum absolute atomic E-state index is 0.910. The molecule has 51 heavy (non-hydrogen) atoms. The lowest BCUT2D eigenvalue weighted by atomic mass is 9.93. The molecular formula is C49H48N2. The Balaban J connectivity index is 0.000000800. The summed E-state index contributed by atoms with van der Waals surface area (Å²) >= 11 is 0. The van der Waals surface area contributed by atoms with E-state index in [9.17, 15) is 0 Å². The predicted octanol–water partition coefficient (Wildman–Crippen LogP) is 14.7. The average Bonchev–Trinajstić information content (AvgIpc) is 3.51. The number of anilines is 4. The van der Waals surface area contributed by atoms with E-state index in [1.807, 2.05) is 53.7 Å². The molecule has 0 atom stereocenters. The van der Waals surface area contributed by atoms with Gasteiger partial charge in [-0.05, 0) is 88.7 Å². The molecule has 0 spiro atoms. The van der Waals surface area contributed by atoms with Gasteiger partial charge in [0.25, 0.3) is 0 Å². The maximum absolute atomic E-state index is 3.19. The van der Waals surface area contributed by atoms with Crippen LogP contribution in [0.25, 0.3) is 32.3 Å². The van der Waals surface area contributed by atoms with Crippen LogP contribution in [0.4, 0.5) is 22.7 Å². The third-order valence-electron chi connectivity index (χ3n) is 8.47. The largest absolute Gasteiger partial charge is 0.310 e. The van der Waals surface area contributed by atoms with E-state index in [0.717, 1.165) is 40.6 Å². The molecule has 0 aromatic heterocycles. The lowest BCUT2D eigenvalue weighted by Gasteiger charge is -2.30. The molecule has 0 N–H and O–H groups in total. The Bertz CT molecular complexity index is 2270. The van der Waals surface area contributed by atoms with Gasteiger partial charge < -0.3 is 9.80 Å². The molecular weight excluding hydrogens is 617 g/mol. The highest BCUT2D eigenvalue weighted by Gasteiger charge is 2.22. The molecule has 0 radical (unpaired) electrons. The number of hydrogen-bond donors (Lipinski definition) is 0. The Hall–Kier alpha value is -6.04. The highest BCUT2D eigenvalue weighted by atomic mass is 15.2. The fourth-order valence-corrected chi connectivity index (χ4v) is 6.49. The Labute approximate surface area is 304 Å². The van der Waals surface area contributed by atoms with Crippen LogP contribution in [0.15, 0.2) is 193 Å². The van der Waals surface area contributed by atoms with E-state index in [4.69, 9.17) is 0 Å². The molecule has 254 valence electrons. The van der Waals surface area contributed by atoms with E-state index in [0.29, 0.717) is 0 Å². The van der Waals surface area contributed by atoms with E-state index in [-0.39, 0.29) is 0 Å². The second-order valence-corrected chi connectivity index (χ2v) is 11.2. The first-order chi connectivity index (χ1) is 25.4. The molecule has 6 aromatic carbocycles. The third-order valence-corrected chi connectivity index (χ3v) is 8.47. The van der Waals surface area contributed by atoms with Crippen LogP contribution in [0.1, 0.15) is 48.0 Å². The molecule has 6 aromatic rings. The molecule has 0 fully saturated rings. The standard InChI is InChI=1S/C43H30N2.3C2H6/c1-2-7-19-32(18-6-1)44(33-20-8-3-9-21-33)42-30-40-37-27-15-17-29-39(37)43(31-41(40)36-26-14-16-28-38(36)42)45(34-22-10-4-11-23-34)35-24-12-5-13-25-35;3*1-2/h1,4-8,10-31H,2H2;3*1-2H3. The number of hydrogen-bond acceptors (Lipinski definition) is 2. The summed E-state index contributed by atoms with van der Waals surface area (Å²) in [4.78, 5) is 4.72. The maximum Gasteiger partial charge on any atom is 0.0551 e. The lowest BCUT2D eigenvalue weighted by molar-refractivity contribution is 1.15. The van der Waals surface area contributed by atoms with E-state index < -0.39 is 0 Å². The summed E-state index contributed by atoms with van der Waals surface area (Å²) in [6.45, 7) is 12.0. The van der Waals surface area contributed by atoms with Crippen molar-refractivity contribution in [3.05, 3.63) is 193 Å². The molecule has 0 saturated carbocycles. The molecule has 2 nitrogen and oxygen atoms in total. The first-order valence-electron chi connectivity index (χ1n) is 18.4. The molecule has 8 rings (SSSR count). The molecule has 2 aliphatic rings. The quantitative estimate of drug-likeness (QED) is 0.129. The minimum atomic E-state index is 0.910.